The Morgan fingerprint density at radius 1 is 1.37 bits per heavy atom. The van der Waals surface area contributed by atoms with Crippen LogP contribution in [-0.2, 0) is 0 Å². The van der Waals surface area contributed by atoms with Gasteiger partial charge >= 0.3 is 0 Å². The first-order valence-electron chi connectivity index (χ1n) is 7.04. The third-order valence-corrected chi connectivity index (χ3v) is 4.88. The normalized spacial score (nSPS) is 23.1. The Kier molecular flexibility index (Phi) is 5.03. The maximum atomic E-state index is 12.3. The van der Waals surface area contributed by atoms with Crippen molar-refractivity contribution in [3.63, 3.8) is 0 Å². The second-order valence-corrected chi connectivity index (χ2v) is 6.32. The highest BCUT2D eigenvalue weighted by Gasteiger charge is 2.23. The maximum Gasteiger partial charge on any atom is 0.251 e. The summed E-state index contributed by atoms with van der Waals surface area (Å²) in [6.45, 7) is 4.06. The quantitative estimate of drug-likeness (QED) is 0.837. The van der Waals surface area contributed by atoms with Crippen molar-refractivity contribution in [1.82, 2.24) is 5.32 Å². The second-order valence-electron chi connectivity index (χ2n) is 5.68. The third-order valence-electron chi connectivity index (χ3n) is 3.96. The van der Waals surface area contributed by atoms with Gasteiger partial charge in [-0.25, -0.2) is 0 Å². The number of alkyl halides is 1. The van der Waals surface area contributed by atoms with Crippen LogP contribution in [0.1, 0.15) is 47.2 Å². The fraction of sp³-hybridized carbons (Fsp3) is 0.562. The number of hydrogen-bond donors (Lipinski definition) is 1. The van der Waals surface area contributed by atoms with Crippen molar-refractivity contribution in [2.75, 3.05) is 5.33 Å². The molecule has 0 aromatic heterocycles. The Labute approximate surface area is 124 Å². The molecule has 1 aromatic rings. The number of benzene rings is 1. The van der Waals surface area contributed by atoms with Gasteiger partial charge in [-0.15, -0.1) is 0 Å². The molecule has 2 unspecified atom stereocenters. The van der Waals surface area contributed by atoms with Gasteiger partial charge in [-0.2, -0.15) is 0 Å². The van der Waals surface area contributed by atoms with Gasteiger partial charge in [-0.05, 0) is 50.7 Å². The maximum absolute atomic E-state index is 12.3. The van der Waals surface area contributed by atoms with E-state index < -0.39 is 0 Å². The lowest BCUT2D eigenvalue weighted by molar-refractivity contribution is 0.0921. The molecule has 2 atom stereocenters. The van der Waals surface area contributed by atoms with E-state index in [9.17, 15) is 4.79 Å². The van der Waals surface area contributed by atoms with Crippen LogP contribution in [0.15, 0.2) is 18.2 Å². The average molecular weight is 324 g/mol. The molecular formula is C16H22BrNO. The van der Waals surface area contributed by atoms with Crippen molar-refractivity contribution in [2.45, 2.75) is 45.6 Å². The molecule has 0 bridgehead atoms. The molecule has 2 rings (SSSR count). The lowest BCUT2D eigenvalue weighted by Gasteiger charge is -2.28. The van der Waals surface area contributed by atoms with E-state index in [0.717, 1.165) is 29.3 Å². The minimum absolute atomic E-state index is 0.0812. The second kappa shape index (κ2) is 6.56. The van der Waals surface area contributed by atoms with Crippen LogP contribution in [0.25, 0.3) is 0 Å². The van der Waals surface area contributed by atoms with Gasteiger partial charge in [0.1, 0.15) is 0 Å². The molecule has 0 saturated heterocycles. The minimum Gasteiger partial charge on any atom is -0.349 e. The highest BCUT2D eigenvalue weighted by Crippen LogP contribution is 2.26. The first-order chi connectivity index (χ1) is 9.10. The van der Waals surface area contributed by atoms with Crippen molar-refractivity contribution < 1.29 is 4.79 Å². The van der Waals surface area contributed by atoms with E-state index in [2.05, 4.69) is 34.2 Å². The Morgan fingerprint density at radius 2 is 2.16 bits per heavy atom. The predicted molar refractivity (Wildman–Crippen MR) is 82.9 cm³/mol. The standard InChI is InChI=1S/C16H22BrNO/c1-11-6-7-15(12(2)8-11)16(19)18-14-5-3-4-13(9-14)10-17/h6-8,13-14H,3-5,9-10H2,1-2H3,(H,18,19). The molecule has 3 heteroatoms. The number of halogens is 1. The van der Waals surface area contributed by atoms with Crippen molar-refractivity contribution in [3.8, 4) is 0 Å². The molecule has 0 aliphatic heterocycles. The topological polar surface area (TPSA) is 29.1 Å². The van der Waals surface area contributed by atoms with E-state index in [1.807, 2.05) is 19.1 Å². The van der Waals surface area contributed by atoms with Gasteiger partial charge in [0, 0.05) is 16.9 Å². The van der Waals surface area contributed by atoms with Crippen LogP contribution in [-0.4, -0.2) is 17.3 Å². The predicted octanol–water partition coefficient (Wildman–Crippen LogP) is 3.99. The van der Waals surface area contributed by atoms with Gasteiger partial charge in [0.15, 0.2) is 0 Å². The summed E-state index contributed by atoms with van der Waals surface area (Å²) in [5, 5.41) is 4.24. The first kappa shape index (κ1) is 14.6. The van der Waals surface area contributed by atoms with Crippen molar-refractivity contribution in [2.24, 2.45) is 5.92 Å². The van der Waals surface area contributed by atoms with Crippen LogP contribution in [0, 0.1) is 19.8 Å². The zero-order valence-electron chi connectivity index (χ0n) is 11.7. The molecule has 19 heavy (non-hydrogen) atoms. The van der Waals surface area contributed by atoms with Gasteiger partial charge in [-0.3, -0.25) is 4.79 Å². The van der Waals surface area contributed by atoms with Crippen LogP contribution in [0.3, 0.4) is 0 Å². The minimum atomic E-state index is 0.0812. The summed E-state index contributed by atoms with van der Waals surface area (Å²) in [4.78, 5) is 12.3. The van der Waals surface area contributed by atoms with E-state index in [0.29, 0.717) is 12.0 Å². The van der Waals surface area contributed by atoms with E-state index in [1.54, 1.807) is 0 Å². The summed E-state index contributed by atoms with van der Waals surface area (Å²) >= 11 is 3.56. The highest BCUT2D eigenvalue weighted by atomic mass is 79.9. The zero-order valence-corrected chi connectivity index (χ0v) is 13.3. The molecule has 1 aliphatic carbocycles. The van der Waals surface area contributed by atoms with Gasteiger partial charge in [0.05, 0.1) is 0 Å². The summed E-state index contributed by atoms with van der Waals surface area (Å²) < 4.78 is 0. The Balaban J connectivity index is 2.00. The number of aryl methyl sites for hydroxylation is 2. The fourth-order valence-corrected chi connectivity index (χ4v) is 3.48. The SMILES string of the molecule is Cc1ccc(C(=O)NC2CCCC(CBr)C2)c(C)c1. The largest absolute Gasteiger partial charge is 0.349 e. The van der Waals surface area contributed by atoms with E-state index in [4.69, 9.17) is 0 Å². The Bertz CT molecular complexity index is 458. The van der Waals surface area contributed by atoms with Gasteiger partial charge in [0.25, 0.3) is 5.91 Å². The highest BCUT2D eigenvalue weighted by molar-refractivity contribution is 9.09. The molecule has 0 spiro atoms. The number of carbonyl (C=O) groups excluding carboxylic acids is 1. The summed E-state index contributed by atoms with van der Waals surface area (Å²) in [7, 11) is 0. The molecular weight excluding hydrogens is 302 g/mol. The fourth-order valence-electron chi connectivity index (χ4n) is 2.89. The van der Waals surface area contributed by atoms with Gasteiger partial charge in [0.2, 0.25) is 0 Å². The van der Waals surface area contributed by atoms with Crippen molar-refractivity contribution in [1.29, 1.82) is 0 Å². The van der Waals surface area contributed by atoms with E-state index in [-0.39, 0.29) is 5.91 Å². The van der Waals surface area contributed by atoms with Gasteiger partial charge < -0.3 is 5.32 Å². The number of amides is 1. The Morgan fingerprint density at radius 3 is 2.84 bits per heavy atom. The monoisotopic (exact) mass is 323 g/mol. The van der Waals surface area contributed by atoms with Crippen LogP contribution in [0.4, 0.5) is 0 Å². The molecule has 104 valence electrons. The molecule has 1 N–H and O–H groups in total. The number of hydrogen-bond acceptors (Lipinski definition) is 1. The van der Waals surface area contributed by atoms with Crippen LogP contribution in [0.5, 0.6) is 0 Å². The summed E-state index contributed by atoms with van der Waals surface area (Å²) in [6, 6.07) is 6.34. The number of rotatable bonds is 3. The van der Waals surface area contributed by atoms with Crippen LogP contribution in [0.2, 0.25) is 0 Å². The number of nitrogens with one attached hydrogen (secondary N) is 1. The number of carbonyl (C=O) groups is 1. The molecule has 1 saturated carbocycles. The average Bonchev–Trinajstić information content (AvgIpc) is 2.38. The zero-order chi connectivity index (χ0) is 13.8. The van der Waals surface area contributed by atoms with E-state index >= 15 is 0 Å². The lowest BCUT2D eigenvalue weighted by Crippen LogP contribution is -2.39. The lowest BCUT2D eigenvalue weighted by atomic mass is 9.87. The van der Waals surface area contributed by atoms with Crippen LogP contribution < -0.4 is 5.32 Å². The molecule has 1 aromatic carbocycles. The van der Waals surface area contributed by atoms with Crippen LogP contribution >= 0.6 is 15.9 Å². The molecule has 0 heterocycles. The molecule has 1 amide bonds. The van der Waals surface area contributed by atoms with Gasteiger partial charge in [-0.1, -0.05) is 40.0 Å². The summed E-state index contributed by atoms with van der Waals surface area (Å²) in [5.74, 6) is 0.788. The third kappa shape index (κ3) is 3.82. The molecule has 0 radical (unpaired) electrons. The molecule has 2 nitrogen and oxygen atoms in total. The van der Waals surface area contributed by atoms with Crippen molar-refractivity contribution in [3.05, 3.63) is 34.9 Å². The smallest absolute Gasteiger partial charge is 0.251 e. The Hall–Kier alpha value is -0.830. The first-order valence-corrected chi connectivity index (χ1v) is 8.16. The molecule has 1 fully saturated rings. The molecule has 1 aliphatic rings. The summed E-state index contributed by atoms with van der Waals surface area (Å²) in [6.07, 6.45) is 4.71. The van der Waals surface area contributed by atoms with Crippen molar-refractivity contribution >= 4 is 21.8 Å². The van der Waals surface area contributed by atoms with E-state index in [1.165, 1.54) is 18.4 Å². The summed E-state index contributed by atoms with van der Waals surface area (Å²) in [5.41, 5.74) is 3.07.